The van der Waals surface area contributed by atoms with Gasteiger partial charge in [0.25, 0.3) is 0 Å². The number of nitrogens with zero attached hydrogens (tertiary/aromatic N) is 1. The van der Waals surface area contributed by atoms with E-state index < -0.39 is 0 Å². The van der Waals surface area contributed by atoms with Crippen LogP contribution < -0.4 is 12.4 Å². The molecule has 0 aromatic rings. The van der Waals surface area contributed by atoms with Gasteiger partial charge in [0.2, 0.25) is 0 Å². The van der Waals surface area contributed by atoms with E-state index in [0.29, 0.717) is 0 Å². The second-order valence-electron chi connectivity index (χ2n) is 11.5. The molecule has 0 aromatic carbocycles. The van der Waals surface area contributed by atoms with Crippen LogP contribution in [0.1, 0.15) is 174 Å². The van der Waals surface area contributed by atoms with Gasteiger partial charge in [-0.15, -0.1) is 0 Å². The number of hydrogen-bond donors (Lipinski definition) is 0. The van der Waals surface area contributed by atoms with Crippen molar-refractivity contribution < 1.29 is 16.9 Å². The summed E-state index contributed by atoms with van der Waals surface area (Å²) in [5.41, 5.74) is 0. The van der Waals surface area contributed by atoms with Crippen LogP contribution in [0.25, 0.3) is 0 Å². The molecule has 0 atom stereocenters. The third-order valence-corrected chi connectivity index (χ3v) is 7.48. The van der Waals surface area contributed by atoms with Crippen LogP contribution in [0.5, 0.6) is 0 Å². The molecule has 0 rings (SSSR count). The van der Waals surface area contributed by atoms with Gasteiger partial charge in [0.05, 0.1) is 27.2 Å². The predicted octanol–water partition coefficient (Wildman–Crippen LogP) is 7.86. The third-order valence-electron chi connectivity index (χ3n) is 7.48. The first kappa shape index (κ1) is 35.4. The summed E-state index contributed by atoms with van der Waals surface area (Å²) in [6, 6.07) is 0. The third kappa shape index (κ3) is 30.2. The van der Waals surface area contributed by atoms with Crippen LogP contribution in [-0.2, 0) is 0 Å². The van der Waals surface area contributed by atoms with Gasteiger partial charge in [0, 0.05) is 0 Å². The minimum atomic E-state index is 0. The normalized spacial score (nSPS) is 11.6. The molecule has 0 saturated carbocycles. The lowest BCUT2D eigenvalue weighted by molar-refractivity contribution is -0.890. The lowest BCUT2D eigenvalue weighted by atomic mass is 10.0. The summed E-state index contributed by atoms with van der Waals surface area (Å²) in [7, 11) is 4.90. The van der Waals surface area contributed by atoms with Crippen molar-refractivity contribution in [2.75, 3.05) is 27.2 Å². The molecule has 0 aliphatic heterocycles. The summed E-state index contributed by atoms with van der Waals surface area (Å²) in [4.78, 5) is 0. The van der Waals surface area contributed by atoms with E-state index in [0.717, 1.165) is 0 Å². The summed E-state index contributed by atoms with van der Waals surface area (Å²) >= 11 is 0. The standard InChI is InChI=1S/C31H66N.ClH/c1-5-7-9-11-13-15-16-17-18-19-20-21-22-23-25-27-29-31-32(3,4)30-28-26-24-14-12-10-8-6-2;/h5-31H2,1-4H3;1H/q+1;/p-1. The molecule has 0 aliphatic rings. The zero-order chi connectivity index (χ0) is 23.6. The maximum Gasteiger partial charge on any atom is 0.0782 e. The molecule has 0 aromatic heterocycles. The van der Waals surface area contributed by atoms with E-state index in [9.17, 15) is 0 Å². The van der Waals surface area contributed by atoms with Crippen LogP contribution in [-0.4, -0.2) is 31.7 Å². The van der Waals surface area contributed by atoms with Crippen LogP contribution in [0.15, 0.2) is 0 Å². The Morgan fingerprint density at radius 2 is 0.485 bits per heavy atom. The van der Waals surface area contributed by atoms with Crippen molar-refractivity contribution in [1.82, 2.24) is 0 Å². The molecule has 0 unspecified atom stereocenters. The zero-order valence-electron chi connectivity index (χ0n) is 23.9. The highest BCUT2D eigenvalue weighted by molar-refractivity contribution is 4.51. The largest absolute Gasteiger partial charge is 1.00 e. The molecule has 0 amide bonds. The maximum atomic E-state index is 2.45. The van der Waals surface area contributed by atoms with Crippen molar-refractivity contribution in [1.29, 1.82) is 0 Å². The molecule has 2 heteroatoms. The highest BCUT2D eigenvalue weighted by atomic mass is 35.5. The number of rotatable bonds is 27. The number of unbranched alkanes of at least 4 members (excludes halogenated alkanes) is 23. The molecule has 0 bridgehead atoms. The first-order valence-electron chi connectivity index (χ1n) is 15.4. The van der Waals surface area contributed by atoms with Crippen molar-refractivity contribution in [3.8, 4) is 0 Å². The summed E-state index contributed by atoms with van der Waals surface area (Å²) in [6.45, 7) is 7.38. The summed E-state index contributed by atoms with van der Waals surface area (Å²) in [5.74, 6) is 0. The fourth-order valence-electron chi connectivity index (χ4n) is 5.05. The average molecular weight is 488 g/mol. The summed E-state index contributed by atoms with van der Waals surface area (Å²) in [5, 5.41) is 0. The Labute approximate surface area is 218 Å². The van der Waals surface area contributed by atoms with Gasteiger partial charge in [0.15, 0.2) is 0 Å². The van der Waals surface area contributed by atoms with E-state index in [1.54, 1.807) is 0 Å². The SMILES string of the molecule is CCCCCCCCCCCCCCCCCCC[N+](C)(C)CCCCCCCCCC.[Cl-]. The first-order valence-corrected chi connectivity index (χ1v) is 15.4. The highest BCUT2D eigenvalue weighted by Gasteiger charge is 2.13. The molecule has 0 N–H and O–H groups in total. The minimum absolute atomic E-state index is 0. The molecule has 0 spiro atoms. The molecule has 33 heavy (non-hydrogen) atoms. The van der Waals surface area contributed by atoms with Crippen molar-refractivity contribution >= 4 is 0 Å². The average Bonchev–Trinajstić information content (AvgIpc) is 2.77. The molecule has 0 saturated heterocycles. The molecule has 0 radical (unpaired) electrons. The maximum absolute atomic E-state index is 2.45. The topological polar surface area (TPSA) is 0 Å². The van der Waals surface area contributed by atoms with E-state index >= 15 is 0 Å². The Morgan fingerprint density at radius 1 is 0.303 bits per heavy atom. The monoisotopic (exact) mass is 487 g/mol. The molecular formula is C31H66ClN. The van der Waals surface area contributed by atoms with Gasteiger partial charge < -0.3 is 16.9 Å². The lowest BCUT2D eigenvalue weighted by Crippen LogP contribution is -3.00. The van der Waals surface area contributed by atoms with Crippen LogP contribution in [0.2, 0.25) is 0 Å². The van der Waals surface area contributed by atoms with E-state index in [1.165, 1.54) is 178 Å². The van der Waals surface area contributed by atoms with Gasteiger partial charge in [-0.3, -0.25) is 0 Å². The van der Waals surface area contributed by atoms with E-state index in [-0.39, 0.29) is 12.4 Å². The van der Waals surface area contributed by atoms with E-state index in [2.05, 4.69) is 27.9 Å². The second kappa shape index (κ2) is 28.5. The lowest BCUT2D eigenvalue weighted by Gasteiger charge is -2.30. The molecule has 0 fully saturated rings. The van der Waals surface area contributed by atoms with Crippen molar-refractivity contribution in [2.45, 2.75) is 174 Å². The molecule has 1 nitrogen and oxygen atoms in total. The Balaban J connectivity index is 0. The molecule has 0 aliphatic carbocycles. The Morgan fingerprint density at radius 3 is 0.697 bits per heavy atom. The van der Waals surface area contributed by atoms with E-state index in [4.69, 9.17) is 0 Å². The van der Waals surface area contributed by atoms with Gasteiger partial charge in [-0.25, -0.2) is 0 Å². The van der Waals surface area contributed by atoms with Gasteiger partial charge in [0.1, 0.15) is 0 Å². The number of halogens is 1. The van der Waals surface area contributed by atoms with Crippen molar-refractivity contribution in [2.24, 2.45) is 0 Å². The van der Waals surface area contributed by atoms with Crippen LogP contribution in [0.4, 0.5) is 0 Å². The van der Waals surface area contributed by atoms with Crippen LogP contribution >= 0.6 is 0 Å². The fraction of sp³-hybridized carbons (Fsp3) is 1.00. The molecule has 0 heterocycles. The van der Waals surface area contributed by atoms with Crippen molar-refractivity contribution in [3.05, 3.63) is 0 Å². The van der Waals surface area contributed by atoms with Crippen molar-refractivity contribution in [3.63, 3.8) is 0 Å². The van der Waals surface area contributed by atoms with Gasteiger partial charge >= 0.3 is 0 Å². The minimum Gasteiger partial charge on any atom is -1.00 e. The summed E-state index contributed by atoms with van der Waals surface area (Å²) < 4.78 is 1.24. The Bertz CT molecular complexity index is 342. The van der Waals surface area contributed by atoms with Gasteiger partial charge in [-0.05, 0) is 25.7 Å². The smallest absolute Gasteiger partial charge is 0.0782 e. The second-order valence-corrected chi connectivity index (χ2v) is 11.5. The molecule has 202 valence electrons. The van der Waals surface area contributed by atoms with E-state index in [1.807, 2.05) is 0 Å². The van der Waals surface area contributed by atoms with Gasteiger partial charge in [-0.1, -0.05) is 149 Å². The first-order chi connectivity index (χ1) is 15.6. The van der Waals surface area contributed by atoms with Crippen LogP contribution in [0, 0.1) is 0 Å². The van der Waals surface area contributed by atoms with Gasteiger partial charge in [-0.2, -0.15) is 0 Å². The number of hydrogen-bond acceptors (Lipinski definition) is 0. The number of quaternary nitrogens is 1. The summed E-state index contributed by atoms with van der Waals surface area (Å²) in [6.07, 6.45) is 36.5. The van der Waals surface area contributed by atoms with Crippen LogP contribution in [0.3, 0.4) is 0 Å². The Hall–Kier alpha value is 0.250. The molecular weight excluding hydrogens is 422 g/mol. The predicted molar refractivity (Wildman–Crippen MR) is 149 cm³/mol. The zero-order valence-corrected chi connectivity index (χ0v) is 24.7. The quantitative estimate of drug-likeness (QED) is 0.0816. The fourth-order valence-corrected chi connectivity index (χ4v) is 5.05. The highest BCUT2D eigenvalue weighted by Crippen LogP contribution is 2.15. The Kier molecular flexibility index (Phi) is 30.6.